The minimum atomic E-state index is -0.0106. The summed E-state index contributed by atoms with van der Waals surface area (Å²) in [5.41, 5.74) is 0.687. The van der Waals surface area contributed by atoms with Gasteiger partial charge in [0.2, 0.25) is 0 Å². The summed E-state index contributed by atoms with van der Waals surface area (Å²) in [4.78, 5) is 15.7. The molecule has 0 aliphatic heterocycles. The number of carbonyl (C=O) groups excluding carboxylic acids is 1. The van der Waals surface area contributed by atoms with Gasteiger partial charge in [0.25, 0.3) is 5.91 Å². The van der Waals surface area contributed by atoms with Crippen molar-refractivity contribution in [2.24, 2.45) is 0 Å². The number of benzene rings is 2. The second kappa shape index (κ2) is 7.22. The fourth-order valence-corrected chi connectivity index (χ4v) is 2.95. The molecule has 0 N–H and O–H groups in total. The van der Waals surface area contributed by atoms with Crippen LogP contribution in [0.3, 0.4) is 0 Å². The predicted octanol–water partition coefficient (Wildman–Crippen LogP) is 3.56. The van der Waals surface area contributed by atoms with Crippen LogP contribution in [-0.2, 0) is 0 Å². The predicted molar refractivity (Wildman–Crippen MR) is 88.1 cm³/mol. The van der Waals surface area contributed by atoms with Crippen LogP contribution in [0.25, 0.3) is 0 Å². The lowest BCUT2D eigenvalue weighted by atomic mass is 10.2. The standard InChI is InChI=1S/C17H19NO3S/c1-18(2)17(19)13-7-5-6-8-16(13)22-12-9-10-14(20-3)15(11-12)21-4/h5-11H,1-4H3. The van der Waals surface area contributed by atoms with E-state index in [2.05, 4.69) is 0 Å². The Bertz CT molecular complexity index is 671. The summed E-state index contributed by atoms with van der Waals surface area (Å²) in [5, 5.41) is 0. The number of carbonyl (C=O) groups is 1. The van der Waals surface area contributed by atoms with Gasteiger partial charge in [0.15, 0.2) is 11.5 Å². The lowest BCUT2D eigenvalue weighted by Gasteiger charge is -2.14. The topological polar surface area (TPSA) is 38.8 Å². The number of hydrogen-bond acceptors (Lipinski definition) is 4. The van der Waals surface area contributed by atoms with Crippen molar-refractivity contribution in [2.45, 2.75) is 9.79 Å². The quantitative estimate of drug-likeness (QED) is 0.845. The molecule has 5 heteroatoms. The van der Waals surface area contributed by atoms with E-state index >= 15 is 0 Å². The van der Waals surface area contributed by atoms with E-state index in [4.69, 9.17) is 9.47 Å². The van der Waals surface area contributed by atoms with Gasteiger partial charge in [-0.25, -0.2) is 0 Å². The van der Waals surface area contributed by atoms with Gasteiger partial charge < -0.3 is 14.4 Å². The van der Waals surface area contributed by atoms with E-state index in [0.717, 1.165) is 9.79 Å². The van der Waals surface area contributed by atoms with Crippen molar-refractivity contribution in [3.63, 3.8) is 0 Å². The molecule has 2 aromatic rings. The molecule has 0 aliphatic carbocycles. The average Bonchev–Trinajstić information content (AvgIpc) is 2.54. The summed E-state index contributed by atoms with van der Waals surface area (Å²) < 4.78 is 10.6. The van der Waals surface area contributed by atoms with Crippen LogP contribution < -0.4 is 9.47 Å². The molecule has 0 bridgehead atoms. The molecular weight excluding hydrogens is 298 g/mol. The molecule has 0 saturated heterocycles. The number of ether oxygens (including phenoxy) is 2. The number of methoxy groups -OCH3 is 2. The summed E-state index contributed by atoms with van der Waals surface area (Å²) in [5.74, 6) is 1.34. The third-order valence-corrected chi connectivity index (χ3v) is 4.17. The van der Waals surface area contributed by atoms with Crippen LogP contribution in [0.4, 0.5) is 0 Å². The Morgan fingerprint density at radius 3 is 2.32 bits per heavy atom. The molecule has 116 valence electrons. The lowest BCUT2D eigenvalue weighted by Crippen LogP contribution is -2.22. The van der Waals surface area contributed by atoms with Crippen molar-refractivity contribution < 1.29 is 14.3 Å². The largest absolute Gasteiger partial charge is 0.493 e. The Balaban J connectivity index is 2.33. The molecule has 0 fully saturated rings. The number of rotatable bonds is 5. The normalized spacial score (nSPS) is 10.2. The van der Waals surface area contributed by atoms with E-state index in [1.54, 1.807) is 33.2 Å². The third-order valence-electron chi connectivity index (χ3n) is 3.11. The maximum absolute atomic E-state index is 12.2. The average molecular weight is 317 g/mol. The van der Waals surface area contributed by atoms with E-state index < -0.39 is 0 Å². The zero-order chi connectivity index (χ0) is 16.1. The highest BCUT2D eigenvalue weighted by Crippen LogP contribution is 2.36. The molecule has 0 radical (unpaired) electrons. The summed E-state index contributed by atoms with van der Waals surface area (Å²) in [6.45, 7) is 0. The second-order valence-corrected chi connectivity index (χ2v) is 5.93. The molecule has 0 heterocycles. The lowest BCUT2D eigenvalue weighted by molar-refractivity contribution is 0.0824. The molecule has 0 saturated carbocycles. The Morgan fingerprint density at radius 2 is 1.68 bits per heavy atom. The van der Waals surface area contributed by atoms with Crippen LogP contribution in [0.5, 0.6) is 11.5 Å². The zero-order valence-electron chi connectivity index (χ0n) is 13.1. The number of hydrogen-bond donors (Lipinski definition) is 0. The summed E-state index contributed by atoms with van der Waals surface area (Å²) in [6.07, 6.45) is 0. The van der Waals surface area contributed by atoms with Gasteiger partial charge in [0.1, 0.15) is 0 Å². The highest BCUT2D eigenvalue weighted by Gasteiger charge is 2.14. The Morgan fingerprint density at radius 1 is 1.00 bits per heavy atom. The zero-order valence-corrected chi connectivity index (χ0v) is 13.9. The van der Waals surface area contributed by atoms with Gasteiger partial charge in [-0.3, -0.25) is 4.79 Å². The molecule has 0 spiro atoms. The number of nitrogens with zero attached hydrogens (tertiary/aromatic N) is 1. The Kier molecular flexibility index (Phi) is 5.33. The van der Waals surface area contributed by atoms with E-state index in [9.17, 15) is 4.79 Å². The van der Waals surface area contributed by atoms with Crippen LogP contribution in [0.2, 0.25) is 0 Å². The first-order chi connectivity index (χ1) is 10.6. The highest BCUT2D eigenvalue weighted by molar-refractivity contribution is 7.99. The minimum Gasteiger partial charge on any atom is -0.493 e. The first kappa shape index (κ1) is 16.2. The van der Waals surface area contributed by atoms with Gasteiger partial charge in [0.05, 0.1) is 19.8 Å². The van der Waals surface area contributed by atoms with Crippen molar-refractivity contribution in [3.05, 3.63) is 48.0 Å². The molecule has 0 unspecified atom stereocenters. The van der Waals surface area contributed by atoms with Gasteiger partial charge in [0, 0.05) is 23.9 Å². The van der Waals surface area contributed by atoms with Crippen LogP contribution in [0.1, 0.15) is 10.4 Å². The van der Waals surface area contributed by atoms with Crippen molar-refractivity contribution in [1.82, 2.24) is 4.90 Å². The van der Waals surface area contributed by atoms with Gasteiger partial charge in [-0.1, -0.05) is 23.9 Å². The summed E-state index contributed by atoms with van der Waals surface area (Å²) in [7, 11) is 6.71. The van der Waals surface area contributed by atoms with Crippen LogP contribution in [0.15, 0.2) is 52.3 Å². The van der Waals surface area contributed by atoms with Crippen molar-refractivity contribution in [3.8, 4) is 11.5 Å². The van der Waals surface area contributed by atoms with E-state index in [1.165, 1.54) is 11.8 Å². The SMILES string of the molecule is COc1ccc(Sc2ccccc2C(=O)N(C)C)cc1OC. The minimum absolute atomic E-state index is 0.0106. The molecule has 0 aromatic heterocycles. The molecule has 2 aromatic carbocycles. The molecule has 1 amide bonds. The first-order valence-corrected chi connectivity index (χ1v) is 7.59. The van der Waals surface area contributed by atoms with Crippen molar-refractivity contribution in [2.75, 3.05) is 28.3 Å². The first-order valence-electron chi connectivity index (χ1n) is 6.77. The molecule has 2 rings (SSSR count). The fraction of sp³-hybridized carbons (Fsp3) is 0.235. The molecule has 0 aliphatic rings. The summed E-state index contributed by atoms with van der Waals surface area (Å²) >= 11 is 1.53. The smallest absolute Gasteiger partial charge is 0.254 e. The van der Waals surface area contributed by atoms with Gasteiger partial charge in [-0.15, -0.1) is 0 Å². The summed E-state index contributed by atoms with van der Waals surface area (Å²) in [6, 6.07) is 13.3. The van der Waals surface area contributed by atoms with Crippen LogP contribution >= 0.6 is 11.8 Å². The highest BCUT2D eigenvalue weighted by atomic mass is 32.2. The van der Waals surface area contributed by atoms with E-state index in [-0.39, 0.29) is 5.91 Å². The third kappa shape index (κ3) is 3.54. The second-order valence-electron chi connectivity index (χ2n) is 4.81. The molecule has 22 heavy (non-hydrogen) atoms. The van der Waals surface area contributed by atoms with Crippen molar-refractivity contribution in [1.29, 1.82) is 0 Å². The maximum atomic E-state index is 12.2. The molecular formula is C17H19NO3S. The Labute approximate surface area is 135 Å². The van der Waals surface area contributed by atoms with Gasteiger partial charge >= 0.3 is 0 Å². The van der Waals surface area contributed by atoms with Gasteiger partial charge in [-0.05, 0) is 30.3 Å². The molecule has 0 atom stereocenters. The number of amides is 1. The Hall–Kier alpha value is -2.14. The maximum Gasteiger partial charge on any atom is 0.254 e. The van der Waals surface area contributed by atoms with Crippen LogP contribution in [-0.4, -0.2) is 39.1 Å². The van der Waals surface area contributed by atoms with E-state index in [0.29, 0.717) is 17.1 Å². The van der Waals surface area contributed by atoms with E-state index in [1.807, 2.05) is 42.5 Å². The molecule has 4 nitrogen and oxygen atoms in total. The fourth-order valence-electron chi connectivity index (χ4n) is 1.98. The van der Waals surface area contributed by atoms with Gasteiger partial charge in [-0.2, -0.15) is 0 Å². The van der Waals surface area contributed by atoms with Crippen molar-refractivity contribution >= 4 is 17.7 Å². The monoisotopic (exact) mass is 317 g/mol. The van der Waals surface area contributed by atoms with Crippen LogP contribution in [0, 0.1) is 0 Å².